The van der Waals surface area contributed by atoms with Gasteiger partial charge in [-0.25, -0.2) is 4.98 Å². The monoisotopic (exact) mass is 230 g/mol. The summed E-state index contributed by atoms with van der Waals surface area (Å²) >= 11 is 0. The van der Waals surface area contributed by atoms with E-state index in [4.69, 9.17) is 5.26 Å². The molecule has 2 heterocycles. The van der Waals surface area contributed by atoms with Gasteiger partial charge in [-0.3, -0.25) is 0 Å². The topological polar surface area (TPSA) is 52.0 Å². The van der Waals surface area contributed by atoms with Crippen molar-refractivity contribution in [1.29, 1.82) is 5.26 Å². The van der Waals surface area contributed by atoms with Crippen LogP contribution in [0.1, 0.15) is 25.0 Å². The van der Waals surface area contributed by atoms with Crippen molar-refractivity contribution in [1.82, 2.24) is 10.3 Å². The lowest BCUT2D eigenvalue weighted by atomic mass is 10.1. The zero-order valence-electron chi connectivity index (χ0n) is 10.2. The van der Waals surface area contributed by atoms with Crippen molar-refractivity contribution in [3.8, 4) is 6.07 Å². The molecule has 4 nitrogen and oxygen atoms in total. The van der Waals surface area contributed by atoms with E-state index >= 15 is 0 Å². The lowest BCUT2D eigenvalue weighted by molar-refractivity contribution is 0.566. The molecule has 0 aliphatic carbocycles. The fourth-order valence-corrected chi connectivity index (χ4v) is 2.30. The predicted molar refractivity (Wildman–Crippen MR) is 67.9 cm³/mol. The first-order chi connectivity index (χ1) is 8.31. The van der Waals surface area contributed by atoms with Gasteiger partial charge in [-0.15, -0.1) is 0 Å². The third-order valence-electron chi connectivity index (χ3n) is 3.36. The average Bonchev–Trinajstić information content (AvgIpc) is 2.67. The quantitative estimate of drug-likeness (QED) is 0.837. The summed E-state index contributed by atoms with van der Waals surface area (Å²) in [7, 11) is 2.10. The molecular formula is C13H18N4. The molecule has 1 aliphatic heterocycles. The minimum absolute atomic E-state index is 0.487. The second-order valence-corrected chi connectivity index (χ2v) is 4.46. The molecule has 0 aromatic carbocycles. The van der Waals surface area contributed by atoms with Gasteiger partial charge in [0.1, 0.15) is 11.8 Å². The molecule has 1 aromatic heterocycles. The molecule has 1 unspecified atom stereocenters. The van der Waals surface area contributed by atoms with Gasteiger partial charge >= 0.3 is 0 Å². The molecule has 0 saturated carbocycles. The van der Waals surface area contributed by atoms with E-state index < -0.39 is 0 Å². The summed E-state index contributed by atoms with van der Waals surface area (Å²) in [4.78, 5) is 6.28. The highest BCUT2D eigenvalue weighted by molar-refractivity contribution is 5.48. The largest absolute Gasteiger partial charge is 0.371 e. The molecule has 0 amide bonds. The number of anilines is 1. The van der Waals surface area contributed by atoms with Crippen LogP contribution in [-0.2, 0) is 0 Å². The molecule has 1 aliphatic rings. The summed E-state index contributed by atoms with van der Waals surface area (Å²) in [6.07, 6.45) is 5.28. The molecule has 2 rings (SSSR count). The van der Waals surface area contributed by atoms with Gasteiger partial charge in [-0.1, -0.05) is 0 Å². The highest BCUT2D eigenvalue weighted by Gasteiger charge is 2.17. The number of nitrogens with one attached hydrogen (secondary N) is 1. The highest BCUT2D eigenvalue weighted by atomic mass is 15.1. The summed E-state index contributed by atoms with van der Waals surface area (Å²) in [5.74, 6) is 0. The molecule has 0 radical (unpaired) electrons. The van der Waals surface area contributed by atoms with E-state index in [-0.39, 0.29) is 0 Å². The fraction of sp³-hybridized carbons (Fsp3) is 0.538. The lowest BCUT2D eigenvalue weighted by Crippen LogP contribution is -2.32. The van der Waals surface area contributed by atoms with Gasteiger partial charge in [-0.05, 0) is 44.5 Å². The number of aromatic nitrogens is 1. The van der Waals surface area contributed by atoms with Crippen LogP contribution in [0.5, 0.6) is 0 Å². The zero-order chi connectivity index (χ0) is 12.1. The van der Waals surface area contributed by atoms with Gasteiger partial charge in [0.15, 0.2) is 0 Å². The van der Waals surface area contributed by atoms with E-state index in [1.807, 2.05) is 12.1 Å². The minimum atomic E-state index is 0.487. The van der Waals surface area contributed by atoms with Crippen molar-refractivity contribution in [2.75, 3.05) is 25.0 Å². The van der Waals surface area contributed by atoms with Crippen molar-refractivity contribution in [2.24, 2.45) is 0 Å². The van der Waals surface area contributed by atoms with Crippen LogP contribution in [0.2, 0.25) is 0 Å². The number of hydrogen-bond acceptors (Lipinski definition) is 4. The maximum absolute atomic E-state index is 8.86. The summed E-state index contributed by atoms with van der Waals surface area (Å²) in [5, 5.41) is 12.3. The molecular weight excluding hydrogens is 212 g/mol. The lowest BCUT2D eigenvalue weighted by Gasteiger charge is -2.29. The molecule has 90 valence electrons. The smallest absolute Gasteiger partial charge is 0.142 e. The Labute approximate surface area is 102 Å². The third kappa shape index (κ3) is 2.95. The third-order valence-corrected chi connectivity index (χ3v) is 3.36. The fourth-order valence-electron chi connectivity index (χ4n) is 2.30. The van der Waals surface area contributed by atoms with Crippen LogP contribution < -0.4 is 10.2 Å². The molecule has 1 saturated heterocycles. The van der Waals surface area contributed by atoms with E-state index in [2.05, 4.69) is 28.3 Å². The maximum Gasteiger partial charge on any atom is 0.142 e. The molecule has 1 atom stereocenters. The molecule has 0 spiro atoms. The Bertz CT molecular complexity index is 402. The Hall–Kier alpha value is -1.60. The van der Waals surface area contributed by atoms with Gasteiger partial charge in [0.2, 0.25) is 0 Å². The van der Waals surface area contributed by atoms with Gasteiger partial charge < -0.3 is 10.2 Å². The zero-order valence-corrected chi connectivity index (χ0v) is 10.2. The molecule has 4 heteroatoms. The summed E-state index contributed by atoms with van der Waals surface area (Å²) < 4.78 is 0. The van der Waals surface area contributed by atoms with E-state index in [1.165, 1.54) is 12.8 Å². The Morgan fingerprint density at radius 1 is 1.47 bits per heavy atom. The van der Waals surface area contributed by atoms with Crippen molar-refractivity contribution in [3.05, 3.63) is 24.0 Å². The highest BCUT2D eigenvalue weighted by Crippen LogP contribution is 2.20. The van der Waals surface area contributed by atoms with Gasteiger partial charge in [0, 0.05) is 25.0 Å². The Morgan fingerprint density at radius 2 is 2.35 bits per heavy atom. The van der Waals surface area contributed by atoms with Crippen molar-refractivity contribution >= 4 is 5.69 Å². The summed E-state index contributed by atoms with van der Waals surface area (Å²) in [6, 6.07) is 6.47. The standard InChI is InChI=1S/C13H18N4/c1-17(12-3-2-6-15-7-4-12)13-5-8-16-11(9-13)10-14/h5,8-9,12,15H,2-4,6-7H2,1H3. The van der Waals surface area contributed by atoms with Crippen LogP contribution >= 0.6 is 0 Å². The van der Waals surface area contributed by atoms with Crippen LogP contribution in [0.4, 0.5) is 5.69 Å². The van der Waals surface area contributed by atoms with Gasteiger partial charge in [-0.2, -0.15) is 5.26 Å². The summed E-state index contributed by atoms with van der Waals surface area (Å²) in [5.41, 5.74) is 1.57. The van der Waals surface area contributed by atoms with Crippen LogP contribution in [0, 0.1) is 11.3 Å². The number of pyridine rings is 1. The second kappa shape index (κ2) is 5.65. The van der Waals surface area contributed by atoms with E-state index in [1.54, 1.807) is 6.20 Å². The van der Waals surface area contributed by atoms with Crippen LogP contribution in [0.15, 0.2) is 18.3 Å². The van der Waals surface area contributed by atoms with Gasteiger partial charge in [0.25, 0.3) is 0 Å². The molecule has 0 bridgehead atoms. The van der Waals surface area contributed by atoms with Gasteiger partial charge in [0.05, 0.1) is 0 Å². The number of hydrogen-bond donors (Lipinski definition) is 1. The Balaban J connectivity index is 2.12. The van der Waals surface area contributed by atoms with E-state index in [0.717, 1.165) is 25.2 Å². The first kappa shape index (κ1) is 11.9. The van der Waals surface area contributed by atoms with Crippen LogP contribution in [0.3, 0.4) is 0 Å². The van der Waals surface area contributed by atoms with Crippen LogP contribution in [-0.4, -0.2) is 31.2 Å². The predicted octanol–water partition coefficient (Wildman–Crippen LogP) is 1.53. The number of rotatable bonds is 2. The SMILES string of the molecule is CN(c1ccnc(C#N)c1)C1CCCNCC1. The normalized spacial score (nSPS) is 20.4. The number of nitrogens with zero attached hydrogens (tertiary/aromatic N) is 3. The van der Waals surface area contributed by atoms with E-state index in [9.17, 15) is 0 Å². The first-order valence-electron chi connectivity index (χ1n) is 6.11. The maximum atomic E-state index is 8.86. The first-order valence-corrected chi connectivity index (χ1v) is 6.11. The second-order valence-electron chi connectivity index (χ2n) is 4.46. The minimum Gasteiger partial charge on any atom is -0.371 e. The number of nitriles is 1. The average molecular weight is 230 g/mol. The summed E-state index contributed by atoms with van der Waals surface area (Å²) in [6.45, 7) is 2.19. The molecule has 1 N–H and O–H groups in total. The Morgan fingerprint density at radius 3 is 3.18 bits per heavy atom. The molecule has 1 fully saturated rings. The molecule has 1 aromatic rings. The van der Waals surface area contributed by atoms with Crippen molar-refractivity contribution in [3.63, 3.8) is 0 Å². The van der Waals surface area contributed by atoms with E-state index in [0.29, 0.717) is 11.7 Å². The molecule has 17 heavy (non-hydrogen) atoms. The van der Waals surface area contributed by atoms with Crippen LogP contribution in [0.25, 0.3) is 0 Å². The Kier molecular flexibility index (Phi) is 3.94. The van der Waals surface area contributed by atoms with Crippen molar-refractivity contribution < 1.29 is 0 Å². The van der Waals surface area contributed by atoms with Crippen molar-refractivity contribution in [2.45, 2.75) is 25.3 Å².